The zero-order valence-electron chi connectivity index (χ0n) is 9.54. The summed E-state index contributed by atoms with van der Waals surface area (Å²) in [5.41, 5.74) is 0.863. The number of likely N-dealkylation sites (N-methyl/N-ethyl adjacent to an activating group) is 1. The fourth-order valence-corrected chi connectivity index (χ4v) is 1.43. The molecule has 0 radical (unpaired) electrons. The average molecular weight is 227 g/mol. The number of para-hydroxylation sites is 1. The zero-order chi connectivity index (χ0) is 12.1. The van der Waals surface area contributed by atoms with E-state index in [0.29, 0.717) is 5.76 Å². The highest BCUT2D eigenvalue weighted by Gasteiger charge is 2.06. The first-order chi connectivity index (χ1) is 8.27. The second kappa shape index (κ2) is 5.16. The van der Waals surface area contributed by atoms with Crippen LogP contribution in [-0.2, 0) is 4.79 Å². The highest BCUT2D eigenvalue weighted by molar-refractivity contribution is 6.03. The number of furan rings is 1. The summed E-state index contributed by atoms with van der Waals surface area (Å²) in [5.74, 6) is 0.576. The second-order valence-corrected chi connectivity index (χ2v) is 3.58. The van der Waals surface area contributed by atoms with Crippen LogP contribution in [0.4, 0.5) is 5.69 Å². The minimum Gasteiger partial charge on any atom is -0.465 e. The molecule has 0 spiro atoms. The number of rotatable bonds is 3. The third kappa shape index (κ3) is 2.84. The van der Waals surface area contributed by atoms with E-state index in [9.17, 15) is 4.79 Å². The number of amides is 1. The molecule has 0 aliphatic carbocycles. The van der Waals surface area contributed by atoms with Gasteiger partial charge in [0.25, 0.3) is 5.91 Å². The molecule has 0 atom stereocenters. The quantitative estimate of drug-likeness (QED) is 0.755. The molecule has 1 aromatic carbocycles. The Morgan fingerprint density at radius 2 is 1.94 bits per heavy atom. The van der Waals surface area contributed by atoms with Crippen LogP contribution >= 0.6 is 0 Å². The van der Waals surface area contributed by atoms with Gasteiger partial charge in [-0.15, -0.1) is 0 Å². The van der Waals surface area contributed by atoms with Gasteiger partial charge in [-0.1, -0.05) is 18.2 Å². The van der Waals surface area contributed by atoms with Crippen molar-refractivity contribution < 1.29 is 9.21 Å². The Balaban J connectivity index is 2.06. The van der Waals surface area contributed by atoms with Crippen molar-refractivity contribution >= 4 is 17.7 Å². The van der Waals surface area contributed by atoms with Crippen molar-refractivity contribution in [3.63, 3.8) is 0 Å². The summed E-state index contributed by atoms with van der Waals surface area (Å²) >= 11 is 0. The fourth-order valence-electron chi connectivity index (χ4n) is 1.43. The van der Waals surface area contributed by atoms with Crippen molar-refractivity contribution in [2.24, 2.45) is 0 Å². The number of benzene rings is 1. The number of nitrogens with zero attached hydrogens (tertiary/aromatic N) is 1. The molecule has 0 aliphatic rings. The Bertz CT molecular complexity index is 500. The number of carbonyl (C=O) groups excluding carboxylic acids is 1. The van der Waals surface area contributed by atoms with Crippen LogP contribution in [0.25, 0.3) is 6.08 Å². The Kier molecular flexibility index (Phi) is 3.40. The van der Waals surface area contributed by atoms with Gasteiger partial charge in [0.2, 0.25) is 0 Å². The predicted octanol–water partition coefficient (Wildman–Crippen LogP) is 2.96. The van der Waals surface area contributed by atoms with Gasteiger partial charge < -0.3 is 9.32 Å². The molecular weight excluding hydrogens is 214 g/mol. The lowest BCUT2D eigenvalue weighted by atomic mass is 10.3. The van der Waals surface area contributed by atoms with Crippen molar-refractivity contribution in [2.75, 3.05) is 11.9 Å². The van der Waals surface area contributed by atoms with Gasteiger partial charge in [0.05, 0.1) is 6.26 Å². The minimum atomic E-state index is -0.0902. The maximum Gasteiger partial charge on any atom is 0.250 e. The van der Waals surface area contributed by atoms with E-state index in [0.717, 1.165) is 5.69 Å². The van der Waals surface area contributed by atoms with Crippen LogP contribution in [-0.4, -0.2) is 13.0 Å². The fraction of sp³-hybridized carbons (Fsp3) is 0.0714. The third-order valence-corrected chi connectivity index (χ3v) is 2.41. The summed E-state index contributed by atoms with van der Waals surface area (Å²) in [6, 6.07) is 13.1. The van der Waals surface area contributed by atoms with Gasteiger partial charge in [-0.3, -0.25) is 4.79 Å². The second-order valence-electron chi connectivity index (χ2n) is 3.58. The van der Waals surface area contributed by atoms with Crippen LogP contribution in [0.3, 0.4) is 0 Å². The zero-order valence-corrected chi connectivity index (χ0v) is 9.54. The Labute approximate surface area is 100.0 Å². The number of hydrogen-bond acceptors (Lipinski definition) is 2. The Hall–Kier alpha value is -2.29. The van der Waals surface area contributed by atoms with Gasteiger partial charge in [-0.25, -0.2) is 0 Å². The minimum absolute atomic E-state index is 0.0902. The Morgan fingerprint density at radius 1 is 1.18 bits per heavy atom. The van der Waals surface area contributed by atoms with Crippen molar-refractivity contribution in [1.82, 2.24) is 0 Å². The topological polar surface area (TPSA) is 33.5 Å². The van der Waals surface area contributed by atoms with Gasteiger partial charge in [-0.2, -0.15) is 0 Å². The maximum absolute atomic E-state index is 11.8. The maximum atomic E-state index is 11.8. The molecule has 0 bridgehead atoms. The number of hydrogen-bond donors (Lipinski definition) is 0. The molecule has 0 N–H and O–H groups in total. The van der Waals surface area contributed by atoms with E-state index in [-0.39, 0.29) is 5.91 Å². The smallest absolute Gasteiger partial charge is 0.250 e. The van der Waals surface area contributed by atoms with E-state index in [1.807, 2.05) is 30.3 Å². The standard InChI is InChI=1S/C14H13NO2/c1-15(12-6-3-2-4-7-12)14(16)10-9-13-8-5-11-17-13/h2-11H,1H3. The molecule has 0 saturated heterocycles. The van der Waals surface area contributed by atoms with Gasteiger partial charge in [-0.05, 0) is 30.3 Å². The van der Waals surface area contributed by atoms with Crippen molar-refractivity contribution in [1.29, 1.82) is 0 Å². The molecule has 0 aliphatic heterocycles. The molecule has 17 heavy (non-hydrogen) atoms. The van der Waals surface area contributed by atoms with Crippen molar-refractivity contribution in [2.45, 2.75) is 0 Å². The van der Waals surface area contributed by atoms with E-state index in [1.54, 1.807) is 36.4 Å². The SMILES string of the molecule is CN(C(=O)C=Cc1ccco1)c1ccccc1. The summed E-state index contributed by atoms with van der Waals surface area (Å²) in [7, 11) is 1.74. The first kappa shape index (κ1) is 11.2. The van der Waals surface area contributed by atoms with Crippen LogP contribution in [0, 0.1) is 0 Å². The van der Waals surface area contributed by atoms with Crippen molar-refractivity contribution in [3.05, 3.63) is 60.6 Å². The summed E-state index contributed by atoms with van der Waals surface area (Å²) in [6.07, 6.45) is 4.72. The average Bonchev–Trinajstić information content (AvgIpc) is 2.89. The van der Waals surface area contributed by atoms with Crippen LogP contribution < -0.4 is 4.90 Å². The van der Waals surface area contributed by atoms with Crippen LogP contribution in [0.1, 0.15) is 5.76 Å². The molecule has 86 valence electrons. The van der Waals surface area contributed by atoms with Crippen LogP contribution in [0.15, 0.2) is 59.2 Å². The van der Waals surface area contributed by atoms with E-state index in [4.69, 9.17) is 4.42 Å². The molecule has 0 fully saturated rings. The molecule has 1 heterocycles. The molecule has 2 aromatic rings. The molecule has 1 amide bonds. The lowest BCUT2D eigenvalue weighted by molar-refractivity contribution is -0.113. The van der Waals surface area contributed by atoms with Gasteiger partial charge in [0.15, 0.2) is 0 Å². The van der Waals surface area contributed by atoms with E-state index < -0.39 is 0 Å². The van der Waals surface area contributed by atoms with Gasteiger partial charge >= 0.3 is 0 Å². The molecule has 2 rings (SSSR count). The van der Waals surface area contributed by atoms with Gasteiger partial charge in [0, 0.05) is 18.8 Å². The van der Waals surface area contributed by atoms with E-state index in [2.05, 4.69) is 0 Å². The third-order valence-electron chi connectivity index (χ3n) is 2.41. The highest BCUT2D eigenvalue weighted by Crippen LogP contribution is 2.12. The van der Waals surface area contributed by atoms with Crippen LogP contribution in [0.2, 0.25) is 0 Å². The van der Waals surface area contributed by atoms with Crippen molar-refractivity contribution in [3.8, 4) is 0 Å². The number of anilines is 1. The summed E-state index contributed by atoms with van der Waals surface area (Å²) < 4.78 is 5.11. The summed E-state index contributed by atoms with van der Waals surface area (Å²) in [5, 5.41) is 0. The van der Waals surface area contributed by atoms with Crippen LogP contribution in [0.5, 0.6) is 0 Å². The predicted molar refractivity (Wildman–Crippen MR) is 67.6 cm³/mol. The monoisotopic (exact) mass is 227 g/mol. The highest BCUT2D eigenvalue weighted by atomic mass is 16.3. The summed E-state index contributed by atoms with van der Waals surface area (Å²) in [4.78, 5) is 13.4. The molecular formula is C14H13NO2. The molecule has 0 unspecified atom stereocenters. The molecule has 3 nitrogen and oxygen atoms in total. The van der Waals surface area contributed by atoms with Gasteiger partial charge in [0.1, 0.15) is 5.76 Å². The van der Waals surface area contributed by atoms with E-state index in [1.165, 1.54) is 6.08 Å². The molecule has 0 saturated carbocycles. The lowest BCUT2D eigenvalue weighted by Crippen LogP contribution is -2.23. The molecule has 3 heteroatoms. The number of carbonyl (C=O) groups is 1. The lowest BCUT2D eigenvalue weighted by Gasteiger charge is -2.14. The first-order valence-corrected chi connectivity index (χ1v) is 5.32. The van der Waals surface area contributed by atoms with E-state index >= 15 is 0 Å². The first-order valence-electron chi connectivity index (χ1n) is 5.32. The normalized spacial score (nSPS) is 10.6. The largest absolute Gasteiger partial charge is 0.465 e. The Morgan fingerprint density at radius 3 is 2.59 bits per heavy atom. The summed E-state index contributed by atoms with van der Waals surface area (Å²) in [6.45, 7) is 0. The molecule has 1 aromatic heterocycles.